The van der Waals surface area contributed by atoms with Crippen LogP contribution in [-0.4, -0.2) is 21.0 Å². The molecule has 0 aromatic carbocycles. The zero-order chi connectivity index (χ0) is 8.10. The molecule has 0 spiro atoms. The SMILES string of the molecule is ClC(Cl)CNCc1csnn1. The first kappa shape index (κ1) is 9.19. The van der Waals surface area contributed by atoms with Crippen LogP contribution in [0.4, 0.5) is 0 Å². The van der Waals surface area contributed by atoms with Crippen molar-refractivity contribution in [3.8, 4) is 0 Å². The second-order valence-electron chi connectivity index (χ2n) is 1.92. The van der Waals surface area contributed by atoms with Crippen molar-refractivity contribution in [1.29, 1.82) is 0 Å². The van der Waals surface area contributed by atoms with Gasteiger partial charge in [-0.15, -0.1) is 28.3 Å². The zero-order valence-corrected chi connectivity index (χ0v) is 7.96. The maximum atomic E-state index is 5.49. The van der Waals surface area contributed by atoms with Gasteiger partial charge >= 0.3 is 0 Å². The molecule has 0 saturated heterocycles. The van der Waals surface area contributed by atoms with Gasteiger partial charge in [-0.1, -0.05) is 4.49 Å². The molecular formula is C5H7Cl2N3S. The highest BCUT2D eigenvalue weighted by atomic mass is 35.5. The number of aromatic nitrogens is 2. The summed E-state index contributed by atoms with van der Waals surface area (Å²) < 4.78 is 3.71. The summed E-state index contributed by atoms with van der Waals surface area (Å²) in [6, 6.07) is 0. The molecular weight excluding hydrogens is 205 g/mol. The molecule has 0 aliphatic heterocycles. The summed E-state index contributed by atoms with van der Waals surface area (Å²) in [5, 5.41) is 8.74. The highest BCUT2D eigenvalue weighted by Crippen LogP contribution is 2.00. The summed E-state index contributed by atoms with van der Waals surface area (Å²) in [6.45, 7) is 1.24. The van der Waals surface area contributed by atoms with Gasteiger partial charge in [0.2, 0.25) is 0 Å². The van der Waals surface area contributed by atoms with Crippen LogP contribution >= 0.6 is 34.7 Å². The molecule has 1 aromatic heterocycles. The van der Waals surface area contributed by atoms with Crippen LogP contribution in [0.5, 0.6) is 0 Å². The summed E-state index contributed by atoms with van der Waals surface area (Å²) in [7, 11) is 0. The molecule has 0 radical (unpaired) electrons. The van der Waals surface area contributed by atoms with Crippen molar-refractivity contribution in [3.63, 3.8) is 0 Å². The molecule has 1 rings (SSSR count). The second-order valence-corrected chi connectivity index (χ2v) is 3.81. The van der Waals surface area contributed by atoms with Gasteiger partial charge in [0.15, 0.2) is 0 Å². The van der Waals surface area contributed by atoms with E-state index in [2.05, 4.69) is 14.9 Å². The normalized spacial score (nSPS) is 10.8. The van der Waals surface area contributed by atoms with E-state index in [0.29, 0.717) is 13.1 Å². The van der Waals surface area contributed by atoms with Crippen LogP contribution in [0.25, 0.3) is 0 Å². The van der Waals surface area contributed by atoms with Gasteiger partial charge < -0.3 is 5.32 Å². The Morgan fingerprint density at radius 2 is 2.45 bits per heavy atom. The van der Waals surface area contributed by atoms with E-state index in [1.54, 1.807) is 0 Å². The van der Waals surface area contributed by atoms with Crippen molar-refractivity contribution in [2.24, 2.45) is 0 Å². The Bertz CT molecular complexity index is 190. The van der Waals surface area contributed by atoms with E-state index in [1.165, 1.54) is 11.5 Å². The van der Waals surface area contributed by atoms with Crippen LogP contribution in [0.15, 0.2) is 5.38 Å². The van der Waals surface area contributed by atoms with E-state index in [0.717, 1.165) is 5.69 Å². The lowest BCUT2D eigenvalue weighted by molar-refractivity contribution is 0.698. The van der Waals surface area contributed by atoms with Crippen molar-refractivity contribution < 1.29 is 0 Å². The number of rotatable bonds is 4. The number of hydrogen-bond acceptors (Lipinski definition) is 4. The maximum absolute atomic E-state index is 5.49. The van der Waals surface area contributed by atoms with Gasteiger partial charge in [-0.2, -0.15) is 0 Å². The summed E-state index contributed by atoms with van der Waals surface area (Å²) >= 11 is 12.3. The minimum atomic E-state index is -0.360. The third kappa shape index (κ3) is 3.86. The Balaban J connectivity index is 2.14. The second kappa shape index (κ2) is 4.87. The smallest absolute Gasteiger partial charge is 0.120 e. The van der Waals surface area contributed by atoms with Gasteiger partial charge in [0.25, 0.3) is 0 Å². The quantitative estimate of drug-likeness (QED) is 0.767. The first-order chi connectivity index (χ1) is 5.29. The predicted octanol–water partition coefficient (Wildman–Crippen LogP) is 1.43. The molecule has 6 heteroatoms. The van der Waals surface area contributed by atoms with Crippen LogP contribution in [-0.2, 0) is 6.54 Å². The van der Waals surface area contributed by atoms with Crippen LogP contribution in [0.3, 0.4) is 0 Å². The summed E-state index contributed by atoms with van der Waals surface area (Å²) in [5.41, 5.74) is 0.920. The Labute approximate surface area is 78.9 Å². The lowest BCUT2D eigenvalue weighted by Crippen LogP contribution is -2.19. The number of nitrogens with one attached hydrogen (secondary N) is 1. The van der Waals surface area contributed by atoms with Gasteiger partial charge in [0.05, 0.1) is 5.69 Å². The molecule has 1 heterocycles. The number of nitrogens with zero attached hydrogens (tertiary/aromatic N) is 2. The summed E-state index contributed by atoms with van der Waals surface area (Å²) in [4.78, 5) is -0.360. The number of alkyl halides is 2. The largest absolute Gasteiger partial charge is 0.308 e. The van der Waals surface area contributed by atoms with Crippen molar-refractivity contribution in [3.05, 3.63) is 11.1 Å². The van der Waals surface area contributed by atoms with E-state index in [4.69, 9.17) is 23.2 Å². The molecule has 1 aromatic rings. The van der Waals surface area contributed by atoms with E-state index in [1.807, 2.05) is 5.38 Å². The molecule has 11 heavy (non-hydrogen) atoms. The summed E-state index contributed by atoms with van der Waals surface area (Å²) in [6.07, 6.45) is 0. The van der Waals surface area contributed by atoms with Gasteiger partial charge in [-0.3, -0.25) is 0 Å². The van der Waals surface area contributed by atoms with Gasteiger partial charge in [-0.25, -0.2) is 0 Å². The molecule has 0 atom stereocenters. The van der Waals surface area contributed by atoms with Gasteiger partial charge in [-0.05, 0) is 11.5 Å². The Kier molecular flexibility index (Phi) is 4.07. The molecule has 0 amide bonds. The standard InChI is InChI=1S/C5H7Cl2N3S/c6-5(7)2-8-1-4-3-11-10-9-4/h3,5,8H,1-2H2. The third-order valence-electron chi connectivity index (χ3n) is 1.01. The fraction of sp³-hybridized carbons (Fsp3) is 0.600. The molecule has 0 saturated carbocycles. The Hall–Kier alpha value is 0.1000. The zero-order valence-electron chi connectivity index (χ0n) is 5.63. The Morgan fingerprint density at radius 3 is 3.00 bits per heavy atom. The molecule has 0 aliphatic rings. The topological polar surface area (TPSA) is 37.8 Å². The van der Waals surface area contributed by atoms with Gasteiger partial charge in [0.1, 0.15) is 4.84 Å². The molecule has 0 unspecified atom stereocenters. The molecule has 62 valence electrons. The fourth-order valence-corrected chi connectivity index (χ4v) is 1.24. The van der Waals surface area contributed by atoms with Crippen molar-refractivity contribution in [1.82, 2.24) is 14.9 Å². The van der Waals surface area contributed by atoms with Crippen molar-refractivity contribution in [2.45, 2.75) is 11.4 Å². The minimum absolute atomic E-state index is 0.360. The number of halogens is 2. The van der Waals surface area contributed by atoms with Crippen LogP contribution in [0, 0.1) is 0 Å². The molecule has 1 N–H and O–H groups in total. The third-order valence-corrected chi connectivity index (χ3v) is 1.87. The first-order valence-corrected chi connectivity index (χ1v) is 4.75. The van der Waals surface area contributed by atoms with Crippen molar-refractivity contribution >= 4 is 34.7 Å². The van der Waals surface area contributed by atoms with E-state index < -0.39 is 0 Å². The predicted molar refractivity (Wildman–Crippen MR) is 47.1 cm³/mol. The maximum Gasteiger partial charge on any atom is 0.120 e. The van der Waals surface area contributed by atoms with Crippen LogP contribution < -0.4 is 5.32 Å². The molecule has 0 bridgehead atoms. The highest BCUT2D eigenvalue weighted by Gasteiger charge is 1.98. The lowest BCUT2D eigenvalue weighted by Gasteiger charge is -2.00. The van der Waals surface area contributed by atoms with E-state index in [-0.39, 0.29) is 4.84 Å². The molecule has 3 nitrogen and oxygen atoms in total. The van der Waals surface area contributed by atoms with Crippen molar-refractivity contribution in [2.75, 3.05) is 6.54 Å². The average molecular weight is 212 g/mol. The average Bonchev–Trinajstić information content (AvgIpc) is 2.39. The molecule has 0 aliphatic carbocycles. The van der Waals surface area contributed by atoms with E-state index >= 15 is 0 Å². The Morgan fingerprint density at radius 1 is 1.64 bits per heavy atom. The summed E-state index contributed by atoms with van der Waals surface area (Å²) in [5.74, 6) is 0. The van der Waals surface area contributed by atoms with E-state index in [9.17, 15) is 0 Å². The van der Waals surface area contributed by atoms with Crippen LogP contribution in [0.2, 0.25) is 0 Å². The lowest BCUT2D eigenvalue weighted by atomic mass is 10.5. The monoisotopic (exact) mass is 211 g/mol. The van der Waals surface area contributed by atoms with Gasteiger partial charge in [0, 0.05) is 18.5 Å². The number of hydrogen-bond donors (Lipinski definition) is 1. The van der Waals surface area contributed by atoms with Crippen LogP contribution in [0.1, 0.15) is 5.69 Å². The fourth-order valence-electron chi connectivity index (χ4n) is 0.570. The minimum Gasteiger partial charge on any atom is -0.308 e. The molecule has 0 fully saturated rings. The first-order valence-electron chi connectivity index (χ1n) is 3.04. The highest BCUT2D eigenvalue weighted by molar-refractivity contribution is 7.03.